The van der Waals surface area contributed by atoms with E-state index in [0.29, 0.717) is 0 Å². The van der Waals surface area contributed by atoms with Crippen molar-refractivity contribution in [1.82, 2.24) is 4.98 Å². The molecule has 0 aliphatic heterocycles. The number of pyridine rings is 1. The number of alkyl halides is 7. The van der Waals surface area contributed by atoms with E-state index >= 15 is 0 Å². The lowest BCUT2D eigenvalue weighted by atomic mass is 10.1. The first-order valence-electron chi connectivity index (χ1n) is 6.55. The van der Waals surface area contributed by atoms with Crippen molar-refractivity contribution in [2.75, 3.05) is 0 Å². The van der Waals surface area contributed by atoms with Gasteiger partial charge in [0.15, 0.2) is 0 Å². The molecule has 0 bridgehead atoms. The van der Waals surface area contributed by atoms with E-state index < -0.39 is 33.0 Å². The van der Waals surface area contributed by atoms with Gasteiger partial charge in [0, 0.05) is 26.3 Å². The van der Waals surface area contributed by atoms with Crippen molar-refractivity contribution >= 4 is 54.3 Å². The zero-order chi connectivity index (χ0) is 20.8. The van der Waals surface area contributed by atoms with Crippen LogP contribution in [0.25, 0.3) is 11.1 Å². The Kier molecular flexibility index (Phi) is 6.35. The molecule has 1 unspecified atom stereocenters. The van der Waals surface area contributed by atoms with E-state index in [9.17, 15) is 34.9 Å². The van der Waals surface area contributed by atoms with Gasteiger partial charge in [0.2, 0.25) is 0 Å². The predicted molar refractivity (Wildman–Crippen MR) is 92.4 cm³/mol. The van der Waals surface area contributed by atoms with Crippen LogP contribution in [0.15, 0.2) is 44.3 Å². The number of benzene rings is 1. The Morgan fingerprint density at radius 1 is 1.00 bits per heavy atom. The molecule has 0 N–H and O–H groups in total. The van der Waals surface area contributed by atoms with Gasteiger partial charge in [-0.05, 0) is 24.3 Å². The Hall–Kier alpha value is -0.720. The fraction of sp³-hybridized carbons (Fsp3) is 0.214. The van der Waals surface area contributed by atoms with Crippen molar-refractivity contribution in [3.8, 4) is 11.1 Å². The van der Waals surface area contributed by atoms with Gasteiger partial charge in [-0.2, -0.15) is 30.7 Å². The molecule has 0 saturated heterocycles. The largest absolute Gasteiger partial charge is 0.461 e. The summed E-state index contributed by atoms with van der Waals surface area (Å²) in [6.07, 6.45) is -5.53. The Labute approximate surface area is 171 Å². The highest BCUT2D eigenvalue weighted by molar-refractivity contribution is 9.11. The lowest BCUT2D eigenvalue weighted by Gasteiger charge is -2.28. The zero-order valence-electron chi connectivity index (χ0n) is 12.4. The number of nitrogens with zero attached hydrogens (tertiary/aromatic N) is 1. The van der Waals surface area contributed by atoms with Crippen molar-refractivity contribution in [3.05, 3.63) is 44.6 Å². The molecule has 13 heteroatoms. The van der Waals surface area contributed by atoms with Gasteiger partial charge in [0.25, 0.3) is 0 Å². The minimum Gasteiger partial charge on any atom is -0.248 e. The smallest absolute Gasteiger partial charge is 0.248 e. The summed E-state index contributed by atoms with van der Waals surface area (Å²) < 4.78 is 104. The van der Waals surface area contributed by atoms with Gasteiger partial charge in [0.1, 0.15) is 16.0 Å². The molecular formula is C14H5Br2ClF7NOS. The van der Waals surface area contributed by atoms with E-state index in [1.165, 1.54) is 18.2 Å². The van der Waals surface area contributed by atoms with Gasteiger partial charge in [-0.15, -0.1) is 0 Å². The second kappa shape index (κ2) is 7.60. The fourth-order valence-electron chi connectivity index (χ4n) is 1.92. The van der Waals surface area contributed by atoms with Crippen molar-refractivity contribution in [3.63, 3.8) is 0 Å². The van der Waals surface area contributed by atoms with Crippen LogP contribution in [0, 0.1) is 0 Å². The Morgan fingerprint density at radius 2 is 1.59 bits per heavy atom. The van der Waals surface area contributed by atoms with E-state index in [-0.39, 0.29) is 25.2 Å². The molecule has 0 aliphatic carbocycles. The molecule has 1 aromatic carbocycles. The van der Waals surface area contributed by atoms with Crippen LogP contribution >= 0.6 is 43.5 Å². The summed E-state index contributed by atoms with van der Waals surface area (Å²) in [5, 5.41) is -5.91. The number of rotatable bonds is 4. The van der Waals surface area contributed by atoms with E-state index in [4.69, 9.17) is 11.6 Å². The van der Waals surface area contributed by atoms with Gasteiger partial charge in [-0.1, -0.05) is 43.5 Å². The molecule has 0 amide bonds. The summed E-state index contributed by atoms with van der Waals surface area (Å²) in [6.45, 7) is 0. The highest BCUT2D eigenvalue weighted by atomic mass is 79.9. The second-order valence-corrected chi connectivity index (χ2v) is 8.64. The fourth-order valence-corrected chi connectivity index (χ4v) is 5.04. The molecule has 1 aromatic heterocycles. The highest BCUT2D eigenvalue weighted by Gasteiger charge is 2.76. The Balaban J connectivity index is 2.71. The molecule has 2 aromatic rings. The summed E-state index contributed by atoms with van der Waals surface area (Å²) in [4.78, 5) is 2.74. The highest BCUT2D eigenvalue weighted by Crippen LogP contribution is 2.51. The molecular weight excluding hydrogens is 558 g/mol. The summed E-state index contributed by atoms with van der Waals surface area (Å²) >= 11 is 11.5. The third kappa shape index (κ3) is 4.18. The first kappa shape index (κ1) is 22.6. The molecule has 2 rings (SSSR count). The summed E-state index contributed by atoms with van der Waals surface area (Å²) in [7, 11) is -4.07. The van der Waals surface area contributed by atoms with Crippen LogP contribution in [0.2, 0.25) is 5.15 Å². The van der Waals surface area contributed by atoms with Crippen molar-refractivity contribution < 1.29 is 34.9 Å². The average molecular weight is 564 g/mol. The number of halogens is 10. The lowest BCUT2D eigenvalue weighted by Crippen LogP contribution is -2.54. The first-order chi connectivity index (χ1) is 12.2. The maximum Gasteiger partial charge on any atom is 0.461 e. The van der Waals surface area contributed by atoms with Crippen LogP contribution in [-0.2, 0) is 10.8 Å². The quantitative estimate of drug-likeness (QED) is 0.302. The van der Waals surface area contributed by atoms with Gasteiger partial charge < -0.3 is 0 Å². The van der Waals surface area contributed by atoms with Crippen molar-refractivity contribution in [2.24, 2.45) is 0 Å². The molecule has 0 fully saturated rings. The van der Waals surface area contributed by atoms with Crippen molar-refractivity contribution in [2.45, 2.75) is 22.2 Å². The Morgan fingerprint density at radius 3 is 2.07 bits per heavy atom. The van der Waals surface area contributed by atoms with Gasteiger partial charge in [0.05, 0.1) is 4.90 Å². The average Bonchev–Trinajstić information content (AvgIpc) is 2.53. The summed E-state index contributed by atoms with van der Waals surface area (Å²) in [5.41, 5.74) is -0.272. The lowest BCUT2D eigenvalue weighted by molar-refractivity contribution is -0.331. The maximum atomic E-state index is 14.0. The van der Waals surface area contributed by atoms with Crippen molar-refractivity contribution in [1.29, 1.82) is 0 Å². The molecule has 1 atom stereocenters. The van der Waals surface area contributed by atoms with Crippen LogP contribution in [0.4, 0.5) is 30.7 Å². The standard InChI is InChI=1S/C14H5Br2ClF7NOS/c15-7-3-8(16)11(6-1-2-10(17)25-5-6)9(4-7)27(26)14(23,24)12(18,19)13(20,21)22/h1-5H. The number of hydrogen-bond acceptors (Lipinski definition) is 2. The zero-order valence-corrected chi connectivity index (χ0v) is 17.2. The van der Waals surface area contributed by atoms with Gasteiger partial charge in [-0.3, -0.25) is 0 Å². The van der Waals surface area contributed by atoms with Gasteiger partial charge in [-0.25, -0.2) is 9.19 Å². The van der Waals surface area contributed by atoms with E-state index in [1.54, 1.807) is 0 Å². The summed E-state index contributed by atoms with van der Waals surface area (Å²) in [6, 6.07) is 4.57. The third-order valence-electron chi connectivity index (χ3n) is 3.19. The molecule has 0 radical (unpaired) electrons. The first-order valence-corrected chi connectivity index (χ1v) is 9.66. The number of hydrogen-bond donors (Lipinski definition) is 0. The Bertz CT molecular complexity index is 890. The van der Waals surface area contributed by atoms with Gasteiger partial charge >= 0.3 is 17.4 Å². The van der Waals surface area contributed by atoms with Crippen LogP contribution < -0.4 is 0 Å². The summed E-state index contributed by atoms with van der Waals surface area (Å²) in [5.74, 6) is -6.52. The monoisotopic (exact) mass is 561 g/mol. The van der Waals surface area contributed by atoms with E-state index in [2.05, 4.69) is 36.8 Å². The van der Waals surface area contributed by atoms with Crippen LogP contribution in [0.1, 0.15) is 0 Å². The van der Waals surface area contributed by atoms with E-state index in [0.717, 1.165) is 12.3 Å². The molecule has 148 valence electrons. The normalized spacial score (nSPS) is 14.3. The second-order valence-electron chi connectivity index (χ2n) is 4.99. The van der Waals surface area contributed by atoms with Crippen LogP contribution in [0.5, 0.6) is 0 Å². The molecule has 0 saturated carbocycles. The molecule has 1 heterocycles. The molecule has 2 nitrogen and oxygen atoms in total. The van der Waals surface area contributed by atoms with E-state index in [1.807, 2.05) is 0 Å². The molecule has 0 aliphatic rings. The van der Waals surface area contributed by atoms with Crippen LogP contribution in [-0.4, -0.2) is 26.5 Å². The minimum absolute atomic E-state index is 0.00970. The topological polar surface area (TPSA) is 30.0 Å². The number of aromatic nitrogens is 1. The minimum atomic E-state index is -6.60. The predicted octanol–water partition coefficient (Wildman–Crippen LogP) is 6.83. The maximum absolute atomic E-state index is 14.0. The molecule has 27 heavy (non-hydrogen) atoms. The molecule has 0 spiro atoms. The van der Waals surface area contributed by atoms with Crippen LogP contribution in [0.3, 0.4) is 0 Å². The third-order valence-corrected chi connectivity index (χ3v) is 5.94. The SMILES string of the molecule is O=S(c1cc(Br)cc(Br)c1-c1ccc(Cl)nc1)C(F)(F)C(F)(F)C(F)(F)F.